The maximum absolute atomic E-state index is 11.1. The van der Waals surface area contributed by atoms with Gasteiger partial charge < -0.3 is 4.90 Å². The van der Waals surface area contributed by atoms with E-state index in [1.54, 1.807) is 32.9 Å². The molecule has 0 aromatic carbocycles. The van der Waals surface area contributed by atoms with Gasteiger partial charge in [0.2, 0.25) is 0 Å². The minimum atomic E-state index is -0.0787. The number of urea groups is 1. The molecule has 1 N–H and O–H groups in total. The summed E-state index contributed by atoms with van der Waals surface area (Å²) in [7, 11) is 3.41. The van der Waals surface area contributed by atoms with Gasteiger partial charge in [-0.2, -0.15) is 0 Å². The lowest BCUT2D eigenvalue weighted by molar-refractivity contribution is 0.180. The molecule has 1 aliphatic heterocycles. The molecule has 55 valence electrons. The molecule has 1 aliphatic rings. The van der Waals surface area contributed by atoms with E-state index in [1.165, 1.54) is 9.91 Å². The molecule has 0 atom stereocenters. The fourth-order valence-electron chi connectivity index (χ4n) is 0.630. The molecule has 0 aromatic heterocycles. The van der Waals surface area contributed by atoms with E-state index in [1.807, 2.05) is 0 Å². The Labute approximate surface area is 60.1 Å². The number of carbonyl (C=O) groups is 1. The SMILES string of the molecule is CN(C)C(=O)N1C=C[CH]N1. The molecule has 0 saturated heterocycles. The summed E-state index contributed by atoms with van der Waals surface area (Å²) in [6.45, 7) is 1.70. The number of nitrogens with one attached hydrogen (secondary N) is 1. The van der Waals surface area contributed by atoms with Crippen molar-refractivity contribution in [3.05, 3.63) is 18.8 Å². The largest absolute Gasteiger partial charge is 0.338 e. The summed E-state index contributed by atoms with van der Waals surface area (Å²) in [6.07, 6.45) is 3.43. The van der Waals surface area contributed by atoms with Crippen molar-refractivity contribution in [3.63, 3.8) is 0 Å². The molecule has 4 heteroatoms. The Balaban J connectivity index is 2.49. The third-order valence-electron chi connectivity index (χ3n) is 1.13. The Morgan fingerprint density at radius 1 is 1.60 bits per heavy atom. The Bertz CT molecular complexity index is 164. The lowest BCUT2D eigenvalue weighted by Gasteiger charge is -2.18. The van der Waals surface area contributed by atoms with E-state index in [2.05, 4.69) is 5.43 Å². The number of rotatable bonds is 0. The van der Waals surface area contributed by atoms with E-state index >= 15 is 0 Å². The highest BCUT2D eigenvalue weighted by Crippen LogP contribution is 1.98. The molecule has 10 heavy (non-hydrogen) atoms. The number of hydrogen-bond acceptors (Lipinski definition) is 2. The first-order chi connectivity index (χ1) is 4.72. The highest BCUT2D eigenvalue weighted by atomic mass is 16.2. The molecular weight excluding hydrogens is 130 g/mol. The van der Waals surface area contributed by atoms with Crippen molar-refractivity contribution < 1.29 is 4.79 Å². The van der Waals surface area contributed by atoms with Crippen LogP contribution in [0, 0.1) is 6.54 Å². The van der Waals surface area contributed by atoms with Crippen LogP contribution in [0.1, 0.15) is 0 Å². The first-order valence-electron chi connectivity index (χ1n) is 2.98. The maximum Gasteiger partial charge on any atom is 0.338 e. The summed E-state index contributed by atoms with van der Waals surface area (Å²) in [5.41, 5.74) is 2.74. The van der Waals surface area contributed by atoms with Crippen LogP contribution in [-0.4, -0.2) is 30.0 Å². The van der Waals surface area contributed by atoms with Gasteiger partial charge in [-0.1, -0.05) is 0 Å². The van der Waals surface area contributed by atoms with Crippen molar-refractivity contribution in [1.29, 1.82) is 0 Å². The van der Waals surface area contributed by atoms with Crippen molar-refractivity contribution >= 4 is 6.03 Å². The second-order valence-corrected chi connectivity index (χ2v) is 2.18. The Kier molecular flexibility index (Phi) is 1.91. The normalized spacial score (nSPS) is 16.0. The van der Waals surface area contributed by atoms with E-state index in [4.69, 9.17) is 0 Å². The van der Waals surface area contributed by atoms with Crippen LogP contribution in [0.25, 0.3) is 0 Å². The summed E-state index contributed by atoms with van der Waals surface area (Å²) in [4.78, 5) is 12.6. The number of carbonyl (C=O) groups excluding carboxylic acids is 1. The zero-order valence-corrected chi connectivity index (χ0v) is 6.03. The average molecular weight is 140 g/mol. The molecule has 0 fully saturated rings. The van der Waals surface area contributed by atoms with Gasteiger partial charge in [-0.3, -0.25) is 0 Å². The van der Waals surface area contributed by atoms with Crippen molar-refractivity contribution in [2.24, 2.45) is 0 Å². The fraction of sp³-hybridized carbons (Fsp3) is 0.333. The molecule has 0 bridgehead atoms. The molecule has 0 spiro atoms. The number of hydrazine groups is 1. The minimum absolute atomic E-state index is 0.0787. The molecule has 0 saturated carbocycles. The van der Waals surface area contributed by atoms with Gasteiger partial charge in [0.1, 0.15) is 0 Å². The summed E-state index contributed by atoms with van der Waals surface area (Å²) in [5.74, 6) is 0. The molecule has 4 nitrogen and oxygen atoms in total. The van der Waals surface area contributed by atoms with E-state index in [0.29, 0.717) is 0 Å². The van der Waals surface area contributed by atoms with Crippen LogP contribution in [0.15, 0.2) is 12.3 Å². The molecule has 0 aromatic rings. The van der Waals surface area contributed by atoms with Crippen molar-refractivity contribution in [1.82, 2.24) is 15.3 Å². The fourth-order valence-corrected chi connectivity index (χ4v) is 0.630. The second kappa shape index (κ2) is 2.70. The number of nitrogens with zero attached hydrogens (tertiary/aromatic N) is 2. The number of hydrogen-bond donors (Lipinski definition) is 1. The van der Waals surface area contributed by atoms with Gasteiger partial charge in [0.15, 0.2) is 0 Å². The van der Waals surface area contributed by atoms with Crippen molar-refractivity contribution in [2.75, 3.05) is 14.1 Å². The van der Waals surface area contributed by atoms with E-state index in [0.717, 1.165) is 0 Å². The predicted octanol–water partition coefficient (Wildman–Crippen LogP) is 0.164. The van der Waals surface area contributed by atoms with Crippen LogP contribution in [-0.2, 0) is 0 Å². The predicted molar refractivity (Wildman–Crippen MR) is 37.5 cm³/mol. The van der Waals surface area contributed by atoms with Gasteiger partial charge in [0.25, 0.3) is 0 Å². The molecule has 1 rings (SSSR count). The topological polar surface area (TPSA) is 35.6 Å². The van der Waals surface area contributed by atoms with E-state index in [9.17, 15) is 4.79 Å². The van der Waals surface area contributed by atoms with Gasteiger partial charge in [0.05, 0.1) is 6.54 Å². The van der Waals surface area contributed by atoms with E-state index in [-0.39, 0.29) is 6.03 Å². The van der Waals surface area contributed by atoms with Crippen LogP contribution < -0.4 is 5.43 Å². The summed E-state index contributed by atoms with van der Waals surface area (Å²) in [5, 5.41) is 1.40. The average Bonchev–Trinajstić information content (AvgIpc) is 2.36. The standard InChI is InChI=1S/C6H10N3O/c1-8(2)6(10)9-5-3-4-7-9/h3-5,7H,1-2H3. The zero-order chi connectivity index (χ0) is 7.56. The number of amides is 2. The van der Waals surface area contributed by atoms with Crippen LogP contribution in [0.4, 0.5) is 4.79 Å². The smallest absolute Gasteiger partial charge is 0.329 e. The monoisotopic (exact) mass is 140 g/mol. The molecule has 2 amide bonds. The lowest BCUT2D eigenvalue weighted by atomic mass is 10.6. The highest BCUT2D eigenvalue weighted by molar-refractivity contribution is 5.74. The Hall–Kier alpha value is -1.03. The van der Waals surface area contributed by atoms with Crippen LogP contribution in [0.5, 0.6) is 0 Å². The summed E-state index contributed by atoms with van der Waals surface area (Å²) >= 11 is 0. The minimum Gasteiger partial charge on any atom is -0.329 e. The molecule has 0 unspecified atom stereocenters. The molecule has 0 aliphatic carbocycles. The Morgan fingerprint density at radius 3 is 2.70 bits per heavy atom. The van der Waals surface area contributed by atoms with Crippen molar-refractivity contribution in [2.45, 2.75) is 0 Å². The van der Waals surface area contributed by atoms with Gasteiger partial charge >= 0.3 is 6.03 Å². The van der Waals surface area contributed by atoms with Gasteiger partial charge in [-0.25, -0.2) is 15.2 Å². The highest BCUT2D eigenvalue weighted by Gasteiger charge is 2.14. The maximum atomic E-state index is 11.1. The van der Waals surface area contributed by atoms with Crippen LogP contribution in [0.3, 0.4) is 0 Å². The van der Waals surface area contributed by atoms with E-state index < -0.39 is 0 Å². The van der Waals surface area contributed by atoms with Crippen LogP contribution in [0.2, 0.25) is 0 Å². The van der Waals surface area contributed by atoms with Gasteiger partial charge in [0, 0.05) is 20.3 Å². The van der Waals surface area contributed by atoms with Crippen molar-refractivity contribution in [3.8, 4) is 0 Å². The third kappa shape index (κ3) is 1.27. The molecular formula is C6H10N3O. The Morgan fingerprint density at radius 2 is 2.30 bits per heavy atom. The quantitative estimate of drug-likeness (QED) is 0.520. The summed E-state index contributed by atoms with van der Waals surface area (Å²) < 4.78 is 0. The molecule has 1 heterocycles. The third-order valence-corrected chi connectivity index (χ3v) is 1.13. The lowest BCUT2D eigenvalue weighted by Crippen LogP contribution is -2.40. The first-order valence-corrected chi connectivity index (χ1v) is 2.98. The van der Waals surface area contributed by atoms with Gasteiger partial charge in [-0.15, -0.1) is 0 Å². The molecule has 1 radical (unpaired) electrons. The van der Waals surface area contributed by atoms with Crippen LogP contribution >= 0.6 is 0 Å². The second-order valence-electron chi connectivity index (χ2n) is 2.18. The first kappa shape index (κ1) is 7.08. The summed E-state index contributed by atoms with van der Waals surface area (Å²) in [6, 6.07) is -0.0787. The zero-order valence-electron chi connectivity index (χ0n) is 6.03. The van der Waals surface area contributed by atoms with Gasteiger partial charge in [-0.05, 0) is 6.08 Å².